The molecule has 0 spiro atoms. The standard InChI is InChI=1S/C23H26N4O2/c1-17-5-3-7-21(18(17)2)26-10-12-27(13-11-26)23(28)19-8-9-22(24-15-19)25-16-20-6-4-14-29-20/h3-9,14-15H,10-13,16H2,1-2H3,(H,24,25). The van der Waals surface area contributed by atoms with Crippen LogP contribution < -0.4 is 10.2 Å². The number of hydrogen-bond acceptors (Lipinski definition) is 5. The van der Waals surface area contributed by atoms with Gasteiger partial charge in [0, 0.05) is 38.1 Å². The Morgan fingerprint density at radius 3 is 2.59 bits per heavy atom. The number of amides is 1. The molecule has 0 saturated carbocycles. The van der Waals surface area contributed by atoms with Crippen LogP contribution in [-0.4, -0.2) is 42.0 Å². The average Bonchev–Trinajstić information content (AvgIpc) is 3.28. The van der Waals surface area contributed by atoms with Crippen LogP contribution in [0.15, 0.2) is 59.3 Å². The molecule has 0 radical (unpaired) electrons. The van der Waals surface area contributed by atoms with Crippen molar-refractivity contribution in [2.24, 2.45) is 0 Å². The van der Waals surface area contributed by atoms with E-state index in [1.54, 1.807) is 12.5 Å². The monoisotopic (exact) mass is 390 g/mol. The number of carbonyl (C=O) groups is 1. The molecule has 3 aromatic rings. The molecule has 0 aliphatic carbocycles. The lowest BCUT2D eigenvalue weighted by molar-refractivity contribution is 0.0746. The first-order valence-corrected chi connectivity index (χ1v) is 9.94. The maximum absolute atomic E-state index is 12.9. The van der Waals surface area contributed by atoms with Crippen LogP contribution in [0.3, 0.4) is 0 Å². The Morgan fingerprint density at radius 2 is 1.90 bits per heavy atom. The molecule has 1 fully saturated rings. The Kier molecular flexibility index (Phi) is 5.51. The van der Waals surface area contributed by atoms with Crippen molar-refractivity contribution in [3.63, 3.8) is 0 Å². The third-order valence-electron chi connectivity index (χ3n) is 5.52. The quantitative estimate of drug-likeness (QED) is 0.717. The van der Waals surface area contributed by atoms with Crippen LogP contribution in [0.25, 0.3) is 0 Å². The Hall–Kier alpha value is -3.28. The summed E-state index contributed by atoms with van der Waals surface area (Å²) in [4.78, 5) is 21.5. The van der Waals surface area contributed by atoms with Crippen LogP contribution >= 0.6 is 0 Å². The van der Waals surface area contributed by atoms with Gasteiger partial charge in [-0.05, 0) is 55.3 Å². The molecule has 3 heterocycles. The van der Waals surface area contributed by atoms with Crippen molar-refractivity contribution in [3.8, 4) is 0 Å². The lowest BCUT2D eigenvalue weighted by Gasteiger charge is -2.37. The fourth-order valence-corrected chi connectivity index (χ4v) is 3.63. The molecule has 0 atom stereocenters. The summed E-state index contributed by atoms with van der Waals surface area (Å²) < 4.78 is 5.30. The van der Waals surface area contributed by atoms with Crippen molar-refractivity contribution in [2.75, 3.05) is 36.4 Å². The van der Waals surface area contributed by atoms with Crippen LogP contribution in [0.1, 0.15) is 27.2 Å². The van der Waals surface area contributed by atoms with Gasteiger partial charge in [-0.2, -0.15) is 0 Å². The van der Waals surface area contributed by atoms with Gasteiger partial charge in [-0.3, -0.25) is 4.79 Å². The van der Waals surface area contributed by atoms with Crippen molar-refractivity contribution < 1.29 is 9.21 Å². The number of pyridine rings is 1. The first-order chi connectivity index (χ1) is 14.1. The fraction of sp³-hybridized carbons (Fsp3) is 0.304. The van der Waals surface area contributed by atoms with Crippen LogP contribution in [0.4, 0.5) is 11.5 Å². The number of piperazine rings is 1. The summed E-state index contributed by atoms with van der Waals surface area (Å²) in [6.07, 6.45) is 3.29. The zero-order chi connectivity index (χ0) is 20.2. The molecule has 6 nitrogen and oxygen atoms in total. The number of aromatic nitrogens is 1. The minimum absolute atomic E-state index is 0.0377. The van der Waals surface area contributed by atoms with Crippen LogP contribution in [0.5, 0.6) is 0 Å². The molecular weight excluding hydrogens is 364 g/mol. The summed E-state index contributed by atoms with van der Waals surface area (Å²) in [7, 11) is 0. The van der Waals surface area contributed by atoms with E-state index >= 15 is 0 Å². The summed E-state index contributed by atoms with van der Waals surface area (Å²) >= 11 is 0. The van der Waals surface area contributed by atoms with Gasteiger partial charge in [-0.25, -0.2) is 4.98 Å². The lowest BCUT2D eigenvalue weighted by atomic mass is 10.1. The molecule has 1 N–H and O–H groups in total. The molecule has 6 heteroatoms. The van der Waals surface area contributed by atoms with Gasteiger partial charge in [0.05, 0.1) is 18.4 Å². The van der Waals surface area contributed by atoms with Gasteiger partial charge in [0.1, 0.15) is 11.6 Å². The summed E-state index contributed by atoms with van der Waals surface area (Å²) in [6.45, 7) is 7.97. The maximum Gasteiger partial charge on any atom is 0.255 e. The number of nitrogens with one attached hydrogen (secondary N) is 1. The number of furan rings is 1. The first-order valence-electron chi connectivity index (χ1n) is 9.94. The molecule has 1 aliphatic heterocycles. The average molecular weight is 390 g/mol. The lowest BCUT2D eigenvalue weighted by Crippen LogP contribution is -2.49. The van der Waals surface area contributed by atoms with Gasteiger partial charge in [0.2, 0.25) is 0 Å². The van der Waals surface area contributed by atoms with E-state index in [0.29, 0.717) is 25.2 Å². The number of aryl methyl sites for hydroxylation is 1. The zero-order valence-electron chi connectivity index (χ0n) is 16.9. The number of benzene rings is 1. The smallest absolute Gasteiger partial charge is 0.255 e. The molecule has 2 aromatic heterocycles. The molecule has 150 valence electrons. The van der Waals surface area contributed by atoms with E-state index < -0.39 is 0 Å². The van der Waals surface area contributed by atoms with Crippen molar-refractivity contribution in [1.82, 2.24) is 9.88 Å². The predicted octanol–water partition coefficient (Wildman–Crippen LogP) is 3.87. The molecule has 29 heavy (non-hydrogen) atoms. The van der Waals surface area contributed by atoms with Crippen LogP contribution in [-0.2, 0) is 6.54 Å². The number of carbonyl (C=O) groups excluding carboxylic acids is 1. The molecule has 0 bridgehead atoms. The highest BCUT2D eigenvalue weighted by atomic mass is 16.3. The van der Waals surface area contributed by atoms with E-state index in [9.17, 15) is 4.79 Å². The summed E-state index contributed by atoms with van der Waals surface area (Å²) in [5.41, 5.74) is 4.50. The number of hydrogen-bond donors (Lipinski definition) is 1. The summed E-state index contributed by atoms with van der Waals surface area (Å²) in [6, 6.07) is 13.8. The van der Waals surface area contributed by atoms with Gasteiger partial charge in [-0.1, -0.05) is 12.1 Å². The first kappa shape index (κ1) is 19.1. The van der Waals surface area contributed by atoms with Crippen molar-refractivity contribution in [1.29, 1.82) is 0 Å². The zero-order valence-corrected chi connectivity index (χ0v) is 16.9. The Morgan fingerprint density at radius 1 is 1.07 bits per heavy atom. The van der Waals surface area contributed by atoms with Gasteiger partial charge in [-0.15, -0.1) is 0 Å². The van der Waals surface area contributed by atoms with Gasteiger partial charge < -0.3 is 19.5 Å². The normalized spacial score (nSPS) is 14.1. The molecule has 1 aliphatic rings. The molecule has 0 unspecified atom stereocenters. The van der Waals surface area contributed by atoms with E-state index in [1.807, 2.05) is 29.2 Å². The van der Waals surface area contributed by atoms with Gasteiger partial charge in [0.25, 0.3) is 5.91 Å². The van der Waals surface area contributed by atoms with Crippen LogP contribution in [0.2, 0.25) is 0 Å². The largest absolute Gasteiger partial charge is 0.467 e. The predicted molar refractivity (Wildman–Crippen MR) is 114 cm³/mol. The van der Waals surface area contributed by atoms with Crippen LogP contribution in [0, 0.1) is 13.8 Å². The van der Waals surface area contributed by atoms with Crippen molar-refractivity contribution in [2.45, 2.75) is 20.4 Å². The summed E-state index contributed by atoms with van der Waals surface area (Å²) in [5.74, 6) is 1.60. The maximum atomic E-state index is 12.9. The second kappa shape index (κ2) is 8.39. The Balaban J connectivity index is 1.34. The van der Waals surface area contributed by atoms with E-state index in [0.717, 1.165) is 24.7 Å². The topological polar surface area (TPSA) is 61.6 Å². The number of rotatable bonds is 5. The van der Waals surface area contributed by atoms with Gasteiger partial charge >= 0.3 is 0 Å². The van der Waals surface area contributed by atoms with Crippen molar-refractivity contribution >= 4 is 17.4 Å². The third-order valence-corrected chi connectivity index (χ3v) is 5.52. The van der Waals surface area contributed by atoms with Gasteiger partial charge in [0.15, 0.2) is 0 Å². The molecule has 1 amide bonds. The number of anilines is 2. The van der Waals surface area contributed by atoms with Crippen molar-refractivity contribution in [3.05, 3.63) is 77.4 Å². The van der Waals surface area contributed by atoms with E-state index in [4.69, 9.17) is 4.42 Å². The highest BCUT2D eigenvalue weighted by Gasteiger charge is 2.23. The Bertz CT molecular complexity index is 959. The second-order valence-corrected chi connectivity index (χ2v) is 7.36. The summed E-state index contributed by atoms with van der Waals surface area (Å²) in [5, 5.41) is 3.19. The van der Waals surface area contributed by atoms with E-state index in [1.165, 1.54) is 16.8 Å². The highest BCUT2D eigenvalue weighted by molar-refractivity contribution is 5.94. The molecule has 4 rings (SSSR count). The van der Waals surface area contributed by atoms with E-state index in [2.05, 4.69) is 47.2 Å². The third kappa shape index (κ3) is 4.26. The Labute approximate surface area is 171 Å². The molecular formula is C23H26N4O2. The number of nitrogens with zero attached hydrogens (tertiary/aromatic N) is 3. The molecule has 1 saturated heterocycles. The second-order valence-electron chi connectivity index (χ2n) is 7.36. The van der Waals surface area contributed by atoms with E-state index in [-0.39, 0.29) is 5.91 Å². The minimum atomic E-state index is 0.0377. The molecule has 1 aromatic carbocycles. The SMILES string of the molecule is Cc1cccc(N2CCN(C(=O)c3ccc(NCc4ccco4)nc3)CC2)c1C. The fourth-order valence-electron chi connectivity index (χ4n) is 3.63. The highest BCUT2D eigenvalue weighted by Crippen LogP contribution is 2.24. The minimum Gasteiger partial charge on any atom is -0.467 e.